The Kier molecular flexibility index (Phi) is 4.21. The quantitative estimate of drug-likeness (QED) is 0.559. The van der Waals surface area contributed by atoms with Gasteiger partial charge in [0.15, 0.2) is 0 Å². The molecule has 4 rings (SSSR count). The van der Waals surface area contributed by atoms with E-state index in [1.807, 2.05) is 19.2 Å². The molecule has 2 aromatic heterocycles. The van der Waals surface area contributed by atoms with Crippen LogP contribution in [0.25, 0.3) is 10.9 Å². The number of hydrogen-bond donors (Lipinski definition) is 1. The van der Waals surface area contributed by atoms with Crippen molar-refractivity contribution in [2.75, 3.05) is 5.32 Å². The van der Waals surface area contributed by atoms with E-state index in [4.69, 9.17) is 0 Å². The van der Waals surface area contributed by atoms with Crippen molar-refractivity contribution in [3.63, 3.8) is 0 Å². The van der Waals surface area contributed by atoms with Crippen molar-refractivity contribution in [1.82, 2.24) is 9.55 Å². The second-order valence-electron chi connectivity index (χ2n) is 6.27. The summed E-state index contributed by atoms with van der Waals surface area (Å²) >= 11 is 0. The van der Waals surface area contributed by atoms with Crippen LogP contribution in [0.1, 0.15) is 16.8 Å². The molecule has 0 spiro atoms. The van der Waals surface area contributed by atoms with E-state index in [-0.39, 0.29) is 0 Å². The molecule has 1 N–H and O–H groups in total. The van der Waals surface area contributed by atoms with Crippen molar-refractivity contribution in [2.24, 2.45) is 0 Å². The third kappa shape index (κ3) is 3.26. The van der Waals surface area contributed by atoms with Gasteiger partial charge in [-0.2, -0.15) is 0 Å². The highest BCUT2D eigenvalue weighted by Crippen LogP contribution is 2.24. The van der Waals surface area contributed by atoms with Crippen LogP contribution in [0.5, 0.6) is 0 Å². The zero-order valence-corrected chi connectivity index (χ0v) is 14.3. The summed E-state index contributed by atoms with van der Waals surface area (Å²) in [7, 11) is 0. The first-order chi connectivity index (χ1) is 12.3. The van der Waals surface area contributed by atoms with Crippen LogP contribution in [-0.2, 0) is 13.1 Å². The van der Waals surface area contributed by atoms with Crippen LogP contribution in [0.3, 0.4) is 0 Å². The first-order valence-electron chi connectivity index (χ1n) is 8.57. The van der Waals surface area contributed by atoms with E-state index < -0.39 is 0 Å². The predicted octanol–water partition coefficient (Wildman–Crippen LogP) is 5.01. The normalized spacial score (nSPS) is 10.9. The summed E-state index contributed by atoms with van der Waals surface area (Å²) in [6.07, 6.45) is 4.09. The minimum Gasteiger partial charge on any atom is -0.379 e. The van der Waals surface area contributed by atoms with Crippen LogP contribution in [0.15, 0.2) is 79.1 Å². The molecule has 3 nitrogen and oxygen atoms in total. The SMILES string of the molecule is Cc1ncccc1NCc1cn(Cc2ccccc2)c2ccccc12. The van der Waals surface area contributed by atoms with Crippen LogP contribution in [0.2, 0.25) is 0 Å². The molecule has 0 aliphatic carbocycles. The molecule has 0 aliphatic heterocycles. The number of anilines is 1. The average Bonchev–Trinajstić information content (AvgIpc) is 3.00. The van der Waals surface area contributed by atoms with Gasteiger partial charge >= 0.3 is 0 Å². The average molecular weight is 327 g/mol. The number of aryl methyl sites for hydroxylation is 1. The van der Waals surface area contributed by atoms with Gasteiger partial charge in [0.25, 0.3) is 0 Å². The van der Waals surface area contributed by atoms with E-state index in [0.717, 1.165) is 24.5 Å². The molecule has 0 atom stereocenters. The predicted molar refractivity (Wildman–Crippen MR) is 104 cm³/mol. The summed E-state index contributed by atoms with van der Waals surface area (Å²) in [4.78, 5) is 4.35. The van der Waals surface area contributed by atoms with E-state index in [2.05, 4.69) is 81.7 Å². The number of fused-ring (bicyclic) bond motifs is 1. The Bertz CT molecular complexity index is 987. The molecule has 3 heteroatoms. The Morgan fingerprint density at radius 1 is 0.920 bits per heavy atom. The fourth-order valence-corrected chi connectivity index (χ4v) is 3.24. The van der Waals surface area contributed by atoms with Crippen molar-refractivity contribution in [2.45, 2.75) is 20.0 Å². The molecule has 0 fully saturated rings. The van der Waals surface area contributed by atoms with Crippen LogP contribution in [-0.4, -0.2) is 9.55 Å². The Balaban J connectivity index is 1.64. The first kappa shape index (κ1) is 15.5. The monoisotopic (exact) mass is 327 g/mol. The molecular formula is C22H21N3. The molecule has 0 unspecified atom stereocenters. The van der Waals surface area contributed by atoms with E-state index >= 15 is 0 Å². The minimum atomic E-state index is 0.787. The molecule has 0 amide bonds. The van der Waals surface area contributed by atoms with Crippen molar-refractivity contribution >= 4 is 16.6 Å². The number of nitrogens with zero attached hydrogens (tertiary/aromatic N) is 2. The van der Waals surface area contributed by atoms with Gasteiger partial charge in [0.1, 0.15) is 0 Å². The zero-order valence-electron chi connectivity index (χ0n) is 14.3. The number of aromatic nitrogens is 2. The van der Waals surface area contributed by atoms with Gasteiger partial charge in [0, 0.05) is 36.4 Å². The Hall–Kier alpha value is -3.07. The maximum absolute atomic E-state index is 4.35. The number of nitrogens with one attached hydrogen (secondary N) is 1. The molecule has 2 aromatic carbocycles. The molecule has 0 radical (unpaired) electrons. The van der Waals surface area contributed by atoms with Gasteiger partial charge < -0.3 is 9.88 Å². The van der Waals surface area contributed by atoms with E-state index in [9.17, 15) is 0 Å². The Morgan fingerprint density at radius 2 is 1.72 bits per heavy atom. The largest absolute Gasteiger partial charge is 0.379 e. The summed E-state index contributed by atoms with van der Waals surface area (Å²) in [6, 6.07) is 23.2. The summed E-state index contributed by atoms with van der Waals surface area (Å²) in [5.74, 6) is 0. The van der Waals surface area contributed by atoms with Crippen molar-refractivity contribution in [3.8, 4) is 0 Å². The van der Waals surface area contributed by atoms with E-state index in [0.29, 0.717) is 0 Å². The molecule has 0 saturated heterocycles. The van der Waals surface area contributed by atoms with E-state index in [1.165, 1.54) is 22.0 Å². The Labute approximate surface area is 148 Å². The number of para-hydroxylation sites is 1. The fraction of sp³-hybridized carbons (Fsp3) is 0.136. The van der Waals surface area contributed by atoms with Crippen LogP contribution >= 0.6 is 0 Å². The first-order valence-corrected chi connectivity index (χ1v) is 8.57. The van der Waals surface area contributed by atoms with Crippen LogP contribution < -0.4 is 5.32 Å². The number of benzene rings is 2. The third-order valence-corrected chi connectivity index (χ3v) is 4.54. The molecule has 2 heterocycles. The topological polar surface area (TPSA) is 29.9 Å². The lowest BCUT2D eigenvalue weighted by molar-refractivity contribution is 0.831. The third-order valence-electron chi connectivity index (χ3n) is 4.54. The molecular weight excluding hydrogens is 306 g/mol. The maximum Gasteiger partial charge on any atom is 0.0603 e. The van der Waals surface area contributed by atoms with Crippen molar-refractivity contribution in [3.05, 3.63) is 95.9 Å². The maximum atomic E-state index is 4.35. The lowest BCUT2D eigenvalue weighted by atomic mass is 10.1. The van der Waals surface area contributed by atoms with Gasteiger partial charge in [-0.15, -0.1) is 0 Å². The molecule has 0 aliphatic rings. The van der Waals surface area contributed by atoms with Gasteiger partial charge in [-0.25, -0.2) is 0 Å². The van der Waals surface area contributed by atoms with Gasteiger partial charge in [-0.05, 0) is 36.2 Å². The van der Waals surface area contributed by atoms with Gasteiger partial charge in [-0.3, -0.25) is 4.98 Å². The highest BCUT2D eigenvalue weighted by atomic mass is 15.0. The highest BCUT2D eigenvalue weighted by molar-refractivity contribution is 5.84. The summed E-state index contributed by atoms with van der Waals surface area (Å²) in [5.41, 5.74) is 5.99. The smallest absolute Gasteiger partial charge is 0.0603 e. The highest BCUT2D eigenvalue weighted by Gasteiger charge is 2.09. The lowest BCUT2D eigenvalue weighted by Crippen LogP contribution is -2.02. The lowest BCUT2D eigenvalue weighted by Gasteiger charge is -2.07. The molecule has 124 valence electrons. The van der Waals surface area contributed by atoms with Crippen molar-refractivity contribution < 1.29 is 0 Å². The zero-order chi connectivity index (χ0) is 17.1. The number of rotatable bonds is 5. The van der Waals surface area contributed by atoms with Gasteiger partial charge in [-0.1, -0.05) is 48.5 Å². The van der Waals surface area contributed by atoms with Crippen LogP contribution in [0.4, 0.5) is 5.69 Å². The molecule has 4 aromatic rings. The second kappa shape index (κ2) is 6.81. The summed E-state index contributed by atoms with van der Waals surface area (Å²) in [6.45, 7) is 3.70. The molecule has 25 heavy (non-hydrogen) atoms. The van der Waals surface area contributed by atoms with Gasteiger partial charge in [0.05, 0.1) is 11.4 Å². The van der Waals surface area contributed by atoms with Crippen LogP contribution in [0, 0.1) is 6.92 Å². The molecule has 0 saturated carbocycles. The number of pyridine rings is 1. The fourth-order valence-electron chi connectivity index (χ4n) is 3.24. The van der Waals surface area contributed by atoms with E-state index in [1.54, 1.807) is 0 Å². The minimum absolute atomic E-state index is 0.787. The second-order valence-corrected chi connectivity index (χ2v) is 6.27. The Morgan fingerprint density at radius 3 is 2.56 bits per heavy atom. The van der Waals surface area contributed by atoms with Crippen molar-refractivity contribution in [1.29, 1.82) is 0 Å². The van der Waals surface area contributed by atoms with Gasteiger partial charge in [0.2, 0.25) is 0 Å². The number of hydrogen-bond acceptors (Lipinski definition) is 2. The summed E-state index contributed by atoms with van der Waals surface area (Å²) < 4.78 is 2.33. The molecule has 0 bridgehead atoms. The summed E-state index contributed by atoms with van der Waals surface area (Å²) in [5, 5.41) is 4.82. The standard InChI is InChI=1S/C22H21N3/c1-17-21(11-7-13-23-17)24-14-19-16-25(15-18-8-3-2-4-9-18)22-12-6-5-10-20(19)22/h2-13,16,24H,14-15H2,1H3.